The average Bonchev–Trinajstić information content (AvgIpc) is 3.37. The van der Waals surface area contributed by atoms with Crippen LogP contribution in [0.3, 0.4) is 0 Å². The molecule has 2 aliphatic heterocycles. The van der Waals surface area contributed by atoms with Crippen LogP contribution in [0.25, 0.3) is 0 Å². The van der Waals surface area contributed by atoms with Crippen molar-refractivity contribution in [2.45, 2.75) is 39.7 Å². The summed E-state index contributed by atoms with van der Waals surface area (Å²) in [5, 5.41) is 2.97. The average molecular weight is 394 g/mol. The maximum Gasteiger partial charge on any atom is 0.231 e. The van der Waals surface area contributed by atoms with E-state index in [9.17, 15) is 9.59 Å². The summed E-state index contributed by atoms with van der Waals surface area (Å²) in [4.78, 5) is 27.3. The molecular weight excluding hydrogens is 368 g/mol. The van der Waals surface area contributed by atoms with E-state index in [1.807, 2.05) is 29.2 Å². The molecule has 2 aliphatic rings. The molecule has 0 spiro atoms. The van der Waals surface area contributed by atoms with E-state index in [-0.39, 0.29) is 30.9 Å². The number of anilines is 1. The van der Waals surface area contributed by atoms with Gasteiger partial charge in [0.1, 0.15) is 0 Å². The van der Waals surface area contributed by atoms with Gasteiger partial charge in [0, 0.05) is 25.2 Å². The van der Waals surface area contributed by atoms with Crippen molar-refractivity contribution in [1.82, 2.24) is 5.32 Å². The highest BCUT2D eigenvalue weighted by Crippen LogP contribution is 2.34. The zero-order valence-corrected chi connectivity index (χ0v) is 16.9. The van der Waals surface area contributed by atoms with Gasteiger partial charge in [-0.3, -0.25) is 9.59 Å². The third kappa shape index (κ3) is 3.79. The number of hydrogen-bond donors (Lipinski definition) is 1. The largest absolute Gasteiger partial charge is 0.454 e. The Morgan fingerprint density at radius 1 is 1.10 bits per heavy atom. The Morgan fingerprint density at radius 2 is 1.83 bits per heavy atom. The van der Waals surface area contributed by atoms with Crippen LogP contribution in [-0.4, -0.2) is 25.2 Å². The zero-order chi connectivity index (χ0) is 20.4. The minimum absolute atomic E-state index is 0.0174. The van der Waals surface area contributed by atoms with Gasteiger partial charge in [0.2, 0.25) is 18.6 Å². The summed E-state index contributed by atoms with van der Waals surface area (Å²) < 4.78 is 10.7. The highest BCUT2D eigenvalue weighted by Gasteiger charge is 2.36. The quantitative estimate of drug-likeness (QED) is 0.817. The van der Waals surface area contributed by atoms with Crippen molar-refractivity contribution in [3.8, 4) is 11.5 Å². The van der Waals surface area contributed by atoms with Gasteiger partial charge in [-0.25, -0.2) is 0 Å². The highest BCUT2D eigenvalue weighted by atomic mass is 16.7. The molecule has 2 aromatic carbocycles. The third-order valence-electron chi connectivity index (χ3n) is 5.63. The van der Waals surface area contributed by atoms with Gasteiger partial charge in [0.25, 0.3) is 0 Å². The van der Waals surface area contributed by atoms with E-state index in [4.69, 9.17) is 9.47 Å². The van der Waals surface area contributed by atoms with Gasteiger partial charge in [0.15, 0.2) is 11.5 Å². The first-order valence-electron chi connectivity index (χ1n) is 10.2. The van der Waals surface area contributed by atoms with Crippen LogP contribution in [0, 0.1) is 5.92 Å². The second-order valence-electron chi connectivity index (χ2n) is 7.44. The number of fused-ring (bicyclic) bond motifs is 1. The Hall–Kier alpha value is -3.02. The molecule has 1 fully saturated rings. The summed E-state index contributed by atoms with van der Waals surface area (Å²) in [5.74, 6) is 1.00. The van der Waals surface area contributed by atoms with Crippen LogP contribution in [0.1, 0.15) is 37.0 Å². The molecule has 0 radical (unpaired) electrons. The van der Waals surface area contributed by atoms with Crippen LogP contribution >= 0.6 is 0 Å². The van der Waals surface area contributed by atoms with E-state index in [2.05, 4.69) is 31.3 Å². The van der Waals surface area contributed by atoms with Crippen molar-refractivity contribution in [2.24, 2.45) is 5.92 Å². The fraction of sp³-hybridized carbons (Fsp3) is 0.391. The highest BCUT2D eigenvalue weighted by molar-refractivity contribution is 6.01. The lowest BCUT2D eigenvalue weighted by Gasteiger charge is -2.23. The molecule has 2 amide bonds. The summed E-state index contributed by atoms with van der Waals surface area (Å²) in [6.07, 6.45) is 1.95. The second-order valence-corrected chi connectivity index (χ2v) is 7.44. The van der Waals surface area contributed by atoms with Crippen molar-refractivity contribution in [2.75, 3.05) is 18.2 Å². The number of aryl methyl sites for hydroxylation is 2. The van der Waals surface area contributed by atoms with Gasteiger partial charge < -0.3 is 19.7 Å². The van der Waals surface area contributed by atoms with Gasteiger partial charge in [-0.1, -0.05) is 38.1 Å². The molecule has 4 rings (SSSR count). The van der Waals surface area contributed by atoms with Crippen molar-refractivity contribution in [3.63, 3.8) is 0 Å². The Morgan fingerprint density at radius 3 is 2.55 bits per heavy atom. The molecule has 0 bridgehead atoms. The summed E-state index contributed by atoms with van der Waals surface area (Å²) in [7, 11) is 0. The summed E-state index contributed by atoms with van der Waals surface area (Å²) in [5.41, 5.74) is 4.24. The topological polar surface area (TPSA) is 67.9 Å². The van der Waals surface area contributed by atoms with Crippen LogP contribution < -0.4 is 19.7 Å². The molecule has 1 unspecified atom stereocenters. The normalized spacial score (nSPS) is 17.7. The van der Waals surface area contributed by atoms with Crippen LogP contribution in [0.4, 0.5) is 5.69 Å². The second kappa shape index (κ2) is 8.15. The van der Waals surface area contributed by atoms with Crippen molar-refractivity contribution >= 4 is 17.5 Å². The number of hydrogen-bond acceptors (Lipinski definition) is 4. The number of carbonyl (C=O) groups excluding carboxylic acids is 2. The number of para-hydroxylation sites is 1. The smallest absolute Gasteiger partial charge is 0.231 e. The summed E-state index contributed by atoms with van der Waals surface area (Å²) in [6.45, 7) is 5.23. The lowest BCUT2D eigenvalue weighted by Crippen LogP contribution is -2.33. The zero-order valence-electron chi connectivity index (χ0n) is 16.9. The van der Waals surface area contributed by atoms with E-state index in [0.717, 1.165) is 41.0 Å². The lowest BCUT2D eigenvalue weighted by molar-refractivity contribution is -0.126. The predicted molar refractivity (Wildman–Crippen MR) is 110 cm³/mol. The molecule has 2 aromatic rings. The number of amides is 2. The van der Waals surface area contributed by atoms with Gasteiger partial charge in [-0.15, -0.1) is 0 Å². The first kappa shape index (κ1) is 19.3. The minimum Gasteiger partial charge on any atom is -0.454 e. The first-order valence-corrected chi connectivity index (χ1v) is 10.2. The Balaban J connectivity index is 1.43. The maximum atomic E-state index is 12.7. The number of nitrogens with zero attached hydrogens (tertiary/aromatic N) is 1. The molecule has 1 atom stereocenters. The SMILES string of the molecule is CCc1cccc(CC)c1N1CC(C(=O)NCc2ccc3c(c2)OCO3)CC1=O. The third-order valence-corrected chi connectivity index (χ3v) is 5.63. The fourth-order valence-electron chi connectivity index (χ4n) is 4.05. The monoisotopic (exact) mass is 394 g/mol. The van der Waals surface area contributed by atoms with Gasteiger partial charge in [-0.05, 0) is 41.7 Å². The van der Waals surface area contributed by atoms with Gasteiger partial charge in [-0.2, -0.15) is 0 Å². The Kier molecular flexibility index (Phi) is 5.43. The Labute approximate surface area is 170 Å². The van der Waals surface area contributed by atoms with E-state index >= 15 is 0 Å². The van der Waals surface area contributed by atoms with E-state index in [1.54, 1.807) is 0 Å². The molecule has 6 nitrogen and oxygen atoms in total. The van der Waals surface area contributed by atoms with E-state index < -0.39 is 0 Å². The predicted octanol–water partition coefficient (Wildman–Crippen LogP) is 3.21. The molecule has 1 N–H and O–H groups in total. The molecule has 0 saturated carbocycles. The number of ether oxygens (including phenoxy) is 2. The molecule has 2 heterocycles. The van der Waals surface area contributed by atoms with Gasteiger partial charge >= 0.3 is 0 Å². The van der Waals surface area contributed by atoms with Crippen LogP contribution in [0.5, 0.6) is 11.5 Å². The Bertz CT molecular complexity index is 918. The van der Waals surface area contributed by atoms with Crippen LogP contribution in [0.2, 0.25) is 0 Å². The standard InChI is InChI=1S/C23H26N2O4/c1-3-16-6-5-7-17(4-2)22(16)25-13-18(11-21(25)26)23(27)24-12-15-8-9-19-20(10-15)29-14-28-19/h5-10,18H,3-4,11-14H2,1-2H3,(H,24,27). The summed E-state index contributed by atoms with van der Waals surface area (Å²) in [6, 6.07) is 11.8. The molecule has 29 heavy (non-hydrogen) atoms. The van der Waals surface area contributed by atoms with Crippen molar-refractivity contribution < 1.29 is 19.1 Å². The van der Waals surface area contributed by atoms with E-state index in [0.29, 0.717) is 18.8 Å². The number of carbonyl (C=O) groups is 2. The molecule has 1 saturated heterocycles. The molecule has 152 valence electrons. The van der Waals surface area contributed by atoms with Gasteiger partial charge in [0.05, 0.1) is 5.92 Å². The molecule has 6 heteroatoms. The molecule has 0 aliphatic carbocycles. The number of nitrogens with one attached hydrogen (secondary N) is 1. The molecule has 0 aromatic heterocycles. The van der Waals surface area contributed by atoms with Crippen molar-refractivity contribution in [3.05, 3.63) is 53.1 Å². The van der Waals surface area contributed by atoms with Crippen LogP contribution in [0.15, 0.2) is 36.4 Å². The number of rotatable bonds is 6. The van der Waals surface area contributed by atoms with Crippen LogP contribution in [-0.2, 0) is 29.0 Å². The minimum atomic E-state index is -0.342. The maximum absolute atomic E-state index is 12.7. The van der Waals surface area contributed by atoms with E-state index in [1.165, 1.54) is 0 Å². The fourth-order valence-corrected chi connectivity index (χ4v) is 4.05. The van der Waals surface area contributed by atoms with Crippen molar-refractivity contribution in [1.29, 1.82) is 0 Å². The first-order chi connectivity index (χ1) is 14.1. The molecular formula is C23H26N2O4. The lowest BCUT2D eigenvalue weighted by atomic mass is 10.0. The summed E-state index contributed by atoms with van der Waals surface area (Å²) >= 11 is 0. The number of benzene rings is 2.